The molecule has 0 aromatic rings. The van der Waals surface area contributed by atoms with Gasteiger partial charge < -0.3 is 5.73 Å². The van der Waals surface area contributed by atoms with E-state index in [9.17, 15) is 13.2 Å². The minimum Gasteiger partial charge on any atom is -0.327 e. The first-order valence-corrected chi connectivity index (χ1v) is 5.85. The average Bonchev–Trinajstić information content (AvgIpc) is 2.33. The summed E-state index contributed by atoms with van der Waals surface area (Å²) in [6, 6.07) is 0.191. The highest BCUT2D eigenvalue weighted by Gasteiger charge is 2.32. The summed E-state index contributed by atoms with van der Waals surface area (Å²) in [5, 5.41) is 0. The number of hydrogen-bond donors (Lipinski definition) is 1. The summed E-state index contributed by atoms with van der Waals surface area (Å²) in [6.07, 6.45) is 2.59. The Kier molecular flexibility index (Phi) is 4.13. The molecular weight excluding hydrogens is 211 g/mol. The van der Waals surface area contributed by atoms with Gasteiger partial charge in [-0.15, -0.1) is 0 Å². The number of nitrogens with two attached hydrogens (primary N) is 1. The molecule has 0 radical (unpaired) electrons. The Morgan fingerprint density at radius 1 is 1.36 bits per heavy atom. The summed E-state index contributed by atoms with van der Waals surface area (Å²) in [4.78, 5) is 0. The Balaban J connectivity index is 2.19. The molecule has 0 saturated heterocycles. The van der Waals surface area contributed by atoms with Crippen LogP contribution in [0.1, 0.15) is 26.2 Å². The van der Waals surface area contributed by atoms with Gasteiger partial charge in [-0.2, -0.15) is 13.2 Å². The highest BCUT2D eigenvalue weighted by atomic mass is 32.2. The van der Waals surface area contributed by atoms with Crippen LogP contribution < -0.4 is 5.73 Å². The number of hydrogen-bond acceptors (Lipinski definition) is 2. The number of thioether (sulfide) groups is 1. The average molecular weight is 227 g/mol. The molecule has 0 aromatic carbocycles. The predicted octanol–water partition coefficient (Wildman–Crippen LogP) is 3.00. The Morgan fingerprint density at radius 3 is 2.43 bits per heavy atom. The van der Waals surface area contributed by atoms with Crippen molar-refractivity contribution >= 4 is 11.8 Å². The smallest absolute Gasteiger partial charge is 0.327 e. The summed E-state index contributed by atoms with van der Waals surface area (Å²) < 4.78 is 35.5. The van der Waals surface area contributed by atoms with Crippen LogP contribution in [0.3, 0.4) is 0 Å². The third-order valence-corrected chi connectivity index (χ3v) is 3.81. The van der Waals surface area contributed by atoms with Crippen LogP contribution in [-0.2, 0) is 0 Å². The van der Waals surface area contributed by atoms with Crippen molar-refractivity contribution in [1.82, 2.24) is 0 Å². The van der Waals surface area contributed by atoms with Gasteiger partial charge in [0, 0.05) is 11.8 Å². The van der Waals surface area contributed by atoms with Gasteiger partial charge in [-0.05, 0) is 31.1 Å². The minimum absolute atomic E-state index is 0.0829. The van der Waals surface area contributed by atoms with E-state index in [1.807, 2.05) is 6.92 Å². The molecule has 0 aromatic heterocycles. The second-order valence-corrected chi connectivity index (χ2v) is 5.10. The van der Waals surface area contributed by atoms with Crippen LogP contribution in [0.2, 0.25) is 0 Å². The fraction of sp³-hybridized carbons (Fsp3) is 1.00. The molecule has 0 heterocycles. The van der Waals surface area contributed by atoms with Gasteiger partial charge >= 0.3 is 5.51 Å². The second-order valence-electron chi connectivity index (χ2n) is 3.94. The standard InChI is InChI=1S/C9H16F3NS/c1-6-7(2-3-8(6)13)4-5-14-9(10,11)12/h6-8H,2-5,13H2,1H3. The number of rotatable bonds is 3. The quantitative estimate of drug-likeness (QED) is 0.802. The molecule has 2 N–H and O–H groups in total. The van der Waals surface area contributed by atoms with E-state index in [-0.39, 0.29) is 23.6 Å². The molecule has 1 rings (SSSR count). The van der Waals surface area contributed by atoms with E-state index in [1.54, 1.807) is 0 Å². The van der Waals surface area contributed by atoms with E-state index in [2.05, 4.69) is 0 Å². The van der Waals surface area contributed by atoms with Gasteiger partial charge in [0.15, 0.2) is 0 Å². The Labute approximate surface area is 86.6 Å². The maximum Gasteiger partial charge on any atom is 0.441 e. The molecule has 84 valence electrons. The molecule has 0 aliphatic heterocycles. The van der Waals surface area contributed by atoms with Gasteiger partial charge in [0.2, 0.25) is 0 Å². The number of halogens is 3. The van der Waals surface area contributed by atoms with E-state index in [0.717, 1.165) is 12.8 Å². The molecular formula is C9H16F3NS. The molecule has 1 fully saturated rings. The normalized spacial score (nSPS) is 33.6. The van der Waals surface area contributed by atoms with Crippen molar-refractivity contribution in [3.8, 4) is 0 Å². The summed E-state index contributed by atoms with van der Waals surface area (Å²) in [5.41, 5.74) is 1.72. The highest BCUT2D eigenvalue weighted by molar-refractivity contribution is 8.00. The SMILES string of the molecule is CC1C(N)CCC1CCSC(F)(F)F. The first-order valence-electron chi connectivity index (χ1n) is 4.86. The lowest BCUT2D eigenvalue weighted by Crippen LogP contribution is -2.25. The third kappa shape index (κ3) is 3.69. The molecule has 0 spiro atoms. The van der Waals surface area contributed by atoms with Crippen molar-refractivity contribution in [2.24, 2.45) is 17.6 Å². The predicted molar refractivity (Wildman–Crippen MR) is 53.0 cm³/mol. The molecule has 1 aliphatic rings. The largest absolute Gasteiger partial charge is 0.441 e. The van der Waals surface area contributed by atoms with Gasteiger partial charge in [0.05, 0.1) is 0 Å². The van der Waals surface area contributed by atoms with Crippen molar-refractivity contribution < 1.29 is 13.2 Å². The molecule has 0 amide bonds. The van der Waals surface area contributed by atoms with Crippen molar-refractivity contribution in [2.45, 2.75) is 37.7 Å². The van der Waals surface area contributed by atoms with Crippen molar-refractivity contribution in [1.29, 1.82) is 0 Å². The molecule has 3 atom stereocenters. The first kappa shape index (κ1) is 12.2. The molecule has 5 heteroatoms. The highest BCUT2D eigenvalue weighted by Crippen LogP contribution is 2.36. The molecule has 1 saturated carbocycles. The number of alkyl halides is 3. The lowest BCUT2D eigenvalue weighted by Gasteiger charge is -2.17. The van der Waals surface area contributed by atoms with E-state index >= 15 is 0 Å². The summed E-state index contributed by atoms with van der Waals surface area (Å²) in [5.74, 6) is 0.939. The van der Waals surface area contributed by atoms with E-state index < -0.39 is 5.51 Å². The van der Waals surface area contributed by atoms with Crippen LogP contribution >= 0.6 is 11.8 Å². The fourth-order valence-corrected chi connectivity index (χ4v) is 2.67. The summed E-state index contributed by atoms with van der Waals surface area (Å²) >= 11 is 0.0829. The zero-order valence-electron chi connectivity index (χ0n) is 8.18. The topological polar surface area (TPSA) is 26.0 Å². The Hall–Kier alpha value is 0.100. The summed E-state index contributed by atoms with van der Waals surface area (Å²) in [7, 11) is 0. The van der Waals surface area contributed by atoms with Crippen molar-refractivity contribution in [3.05, 3.63) is 0 Å². The third-order valence-electron chi connectivity index (χ3n) is 3.04. The zero-order chi connectivity index (χ0) is 10.8. The zero-order valence-corrected chi connectivity index (χ0v) is 9.00. The monoisotopic (exact) mass is 227 g/mol. The molecule has 1 nitrogen and oxygen atoms in total. The van der Waals surface area contributed by atoms with Crippen LogP contribution in [0.4, 0.5) is 13.2 Å². The lowest BCUT2D eigenvalue weighted by molar-refractivity contribution is -0.0328. The first-order chi connectivity index (χ1) is 6.40. The Morgan fingerprint density at radius 2 is 2.00 bits per heavy atom. The molecule has 14 heavy (non-hydrogen) atoms. The maximum absolute atomic E-state index is 11.8. The van der Waals surface area contributed by atoms with Crippen LogP contribution in [0.15, 0.2) is 0 Å². The van der Waals surface area contributed by atoms with Crippen LogP contribution in [0.5, 0.6) is 0 Å². The van der Waals surface area contributed by atoms with Crippen molar-refractivity contribution in [2.75, 3.05) is 5.75 Å². The Bertz CT molecular complexity index is 183. The molecule has 1 aliphatic carbocycles. The molecule has 0 bridgehead atoms. The van der Waals surface area contributed by atoms with E-state index in [4.69, 9.17) is 5.73 Å². The van der Waals surface area contributed by atoms with Gasteiger partial charge in [0.25, 0.3) is 0 Å². The van der Waals surface area contributed by atoms with Gasteiger partial charge in [-0.3, -0.25) is 0 Å². The van der Waals surface area contributed by atoms with E-state index in [0.29, 0.717) is 18.3 Å². The minimum atomic E-state index is -4.08. The van der Waals surface area contributed by atoms with Gasteiger partial charge in [-0.1, -0.05) is 18.7 Å². The summed E-state index contributed by atoms with van der Waals surface area (Å²) in [6.45, 7) is 2.04. The van der Waals surface area contributed by atoms with Crippen LogP contribution in [0, 0.1) is 11.8 Å². The van der Waals surface area contributed by atoms with Crippen LogP contribution in [-0.4, -0.2) is 17.3 Å². The van der Waals surface area contributed by atoms with Gasteiger partial charge in [-0.25, -0.2) is 0 Å². The van der Waals surface area contributed by atoms with E-state index in [1.165, 1.54) is 0 Å². The molecule has 3 unspecified atom stereocenters. The van der Waals surface area contributed by atoms with Gasteiger partial charge in [0.1, 0.15) is 0 Å². The maximum atomic E-state index is 11.8. The van der Waals surface area contributed by atoms with Crippen LogP contribution in [0.25, 0.3) is 0 Å². The lowest BCUT2D eigenvalue weighted by atomic mass is 9.94. The second kappa shape index (κ2) is 4.75. The fourth-order valence-electron chi connectivity index (χ4n) is 2.02. The van der Waals surface area contributed by atoms with Crippen molar-refractivity contribution in [3.63, 3.8) is 0 Å².